The van der Waals surface area contributed by atoms with Crippen LogP contribution in [0.25, 0.3) is 0 Å². The van der Waals surface area contributed by atoms with Crippen LogP contribution in [0.2, 0.25) is 6.32 Å². The number of rotatable bonds is 6. The molecule has 0 saturated carbocycles. The van der Waals surface area contributed by atoms with Gasteiger partial charge in [0.1, 0.15) is 24.7 Å². The van der Waals surface area contributed by atoms with Crippen molar-refractivity contribution < 1.29 is 33.8 Å². The lowest BCUT2D eigenvalue weighted by Crippen LogP contribution is -2.68. The van der Waals surface area contributed by atoms with Gasteiger partial charge in [-0.1, -0.05) is 49.9 Å². The van der Waals surface area contributed by atoms with Crippen molar-refractivity contribution in [3.8, 4) is 40.6 Å². The summed E-state index contributed by atoms with van der Waals surface area (Å²) in [6.45, 7) is 8.76. The van der Waals surface area contributed by atoms with Crippen LogP contribution >= 0.6 is 0 Å². The summed E-state index contributed by atoms with van der Waals surface area (Å²) >= 11 is 0. The molecule has 0 spiro atoms. The number of hydrogen-bond donors (Lipinski definition) is 2. The van der Waals surface area contributed by atoms with Gasteiger partial charge in [0.05, 0.1) is 46.6 Å². The zero-order chi connectivity index (χ0) is 35.8. The largest absolute Gasteiger partial charge is 0.504 e. The SMILES string of the molecule is COc1c(C)c(OC)c2c(c1O)C(c1ccc(B3[B]CC(C)(C)CO3)cc1)N1[C@@H](C#N)[C@@H]3Cc4c(OC)c(C)c(OC)c(O)c4[C@H]([C@@H]1C2)N3C. The Bertz CT molecular complexity index is 1870. The summed E-state index contributed by atoms with van der Waals surface area (Å²) in [7, 11) is 10.6. The molecule has 1 radical (unpaired) electrons. The van der Waals surface area contributed by atoms with E-state index in [1.165, 1.54) is 0 Å². The second kappa shape index (κ2) is 12.6. The minimum Gasteiger partial charge on any atom is -0.504 e. The number of phenolic OH excluding ortho intramolecular Hbond substituents is 2. The number of aromatic hydroxyl groups is 2. The Morgan fingerprint density at radius 3 is 1.92 bits per heavy atom. The molecule has 2 fully saturated rings. The third kappa shape index (κ3) is 4.95. The standard InChI is InChI=1S/C38H46B2N3O7/c1-19-34(46-6)23-14-25-27(16-41)43-26(31(42(25)5)29(23)33(45)37(19)49-9)15-24-28(32(44)36(48-8)20(2)35(24)47-7)30(43)21-10-12-22(13-11-21)40-39-17-38(3,4)18-50-40/h10-13,25-27,30-31,44-45H,14-15,17-18H2,1-9H3/t25-,26-,27-,30?,31-/m0/s1. The van der Waals surface area contributed by atoms with Gasteiger partial charge in [-0.05, 0) is 44.7 Å². The van der Waals surface area contributed by atoms with Crippen molar-refractivity contribution in [2.75, 3.05) is 42.1 Å². The molecule has 1 unspecified atom stereocenters. The van der Waals surface area contributed by atoms with Crippen molar-refractivity contribution in [1.82, 2.24) is 9.80 Å². The van der Waals surface area contributed by atoms with E-state index >= 15 is 0 Å². The smallest absolute Gasteiger partial charge is 0.278 e. The summed E-state index contributed by atoms with van der Waals surface area (Å²) in [6.07, 6.45) is 1.90. The molecule has 2 N–H and O–H groups in total. The van der Waals surface area contributed by atoms with Crippen LogP contribution in [-0.2, 0) is 17.5 Å². The number of methoxy groups -OCH3 is 4. The van der Waals surface area contributed by atoms with Crippen molar-refractivity contribution in [2.45, 2.75) is 77.1 Å². The fraction of sp³-hybridized carbons (Fsp3) is 0.500. The summed E-state index contributed by atoms with van der Waals surface area (Å²) in [5.74, 6) is 2.18. The van der Waals surface area contributed by atoms with E-state index in [2.05, 4.69) is 61.2 Å². The molecule has 3 aromatic carbocycles. The van der Waals surface area contributed by atoms with E-state index in [1.807, 2.05) is 20.9 Å². The maximum absolute atomic E-state index is 12.0. The Morgan fingerprint density at radius 2 is 1.40 bits per heavy atom. The van der Waals surface area contributed by atoms with Gasteiger partial charge in [0.2, 0.25) is 0 Å². The molecule has 7 rings (SSSR count). The molecule has 0 amide bonds. The van der Waals surface area contributed by atoms with Crippen LogP contribution in [0.3, 0.4) is 0 Å². The number of ether oxygens (including phenoxy) is 4. The van der Waals surface area contributed by atoms with E-state index in [9.17, 15) is 15.5 Å². The number of nitriles is 1. The number of phenols is 2. The summed E-state index contributed by atoms with van der Waals surface area (Å²) in [4.78, 5) is 4.49. The molecular formula is C38H46B2N3O7. The quantitative estimate of drug-likeness (QED) is 0.363. The summed E-state index contributed by atoms with van der Waals surface area (Å²) in [5.41, 5.74) is 6.68. The van der Waals surface area contributed by atoms with Gasteiger partial charge in [0.25, 0.3) is 6.81 Å². The number of fused-ring (bicyclic) bond motifs is 7. The summed E-state index contributed by atoms with van der Waals surface area (Å²) < 4.78 is 29.9. The molecule has 2 bridgehead atoms. The lowest BCUT2D eigenvalue weighted by Gasteiger charge is -2.60. The number of piperazine rings is 1. The highest BCUT2D eigenvalue weighted by Crippen LogP contribution is 2.59. The molecule has 4 aliphatic rings. The monoisotopic (exact) mass is 678 g/mol. The highest BCUT2D eigenvalue weighted by atomic mass is 16.5. The fourth-order valence-corrected chi connectivity index (χ4v) is 9.38. The van der Waals surface area contributed by atoms with Crippen LogP contribution in [0.5, 0.6) is 34.5 Å². The highest BCUT2D eigenvalue weighted by Gasteiger charge is 2.57. The van der Waals surface area contributed by atoms with Gasteiger partial charge < -0.3 is 33.8 Å². The van der Waals surface area contributed by atoms with Gasteiger partial charge in [0, 0.05) is 52.1 Å². The van der Waals surface area contributed by atoms with E-state index in [1.54, 1.807) is 28.4 Å². The van der Waals surface area contributed by atoms with Gasteiger partial charge in [-0.2, -0.15) is 5.26 Å². The third-order valence-electron chi connectivity index (χ3n) is 11.7. The average Bonchev–Trinajstić information content (AvgIpc) is 3.09. The van der Waals surface area contributed by atoms with Gasteiger partial charge in [-0.3, -0.25) is 9.80 Å². The first-order chi connectivity index (χ1) is 23.9. The Hall–Kier alpha value is -4.04. The van der Waals surface area contributed by atoms with Crippen LogP contribution in [0.4, 0.5) is 0 Å². The topological polar surface area (TPSA) is 117 Å². The zero-order valence-corrected chi connectivity index (χ0v) is 30.5. The van der Waals surface area contributed by atoms with Gasteiger partial charge in [0.15, 0.2) is 23.0 Å². The highest BCUT2D eigenvalue weighted by molar-refractivity contribution is 7.16. The second-order valence-corrected chi connectivity index (χ2v) is 14.9. The number of nitrogens with zero attached hydrogens (tertiary/aromatic N) is 3. The van der Waals surface area contributed by atoms with E-state index in [4.69, 9.17) is 23.6 Å². The van der Waals surface area contributed by atoms with Crippen molar-refractivity contribution in [3.63, 3.8) is 0 Å². The molecule has 0 aliphatic carbocycles. The molecule has 3 aromatic rings. The van der Waals surface area contributed by atoms with E-state index in [0.29, 0.717) is 53.6 Å². The molecule has 4 heterocycles. The lowest BCUT2D eigenvalue weighted by molar-refractivity contribution is -0.0652. The predicted molar refractivity (Wildman–Crippen MR) is 193 cm³/mol. The van der Waals surface area contributed by atoms with E-state index in [0.717, 1.165) is 39.6 Å². The van der Waals surface area contributed by atoms with E-state index in [-0.39, 0.29) is 41.8 Å². The molecule has 2 saturated heterocycles. The molecule has 50 heavy (non-hydrogen) atoms. The molecule has 4 aliphatic heterocycles. The number of likely N-dealkylation sites (N-methyl/N-ethyl adjacent to an activating group) is 1. The van der Waals surface area contributed by atoms with Crippen molar-refractivity contribution in [1.29, 1.82) is 5.26 Å². The second-order valence-electron chi connectivity index (χ2n) is 14.9. The molecule has 10 nitrogen and oxygen atoms in total. The first kappa shape index (κ1) is 34.4. The minimum atomic E-state index is -0.573. The number of benzene rings is 3. The molecule has 5 atom stereocenters. The predicted octanol–water partition coefficient (Wildman–Crippen LogP) is 4.44. The maximum atomic E-state index is 12.0. The van der Waals surface area contributed by atoms with Crippen LogP contribution in [0.1, 0.15) is 64.9 Å². The van der Waals surface area contributed by atoms with Crippen molar-refractivity contribution in [2.24, 2.45) is 5.41 Å². The molecule has 0 aromatic heterocycles. The molecule has 12 heteroatoms. The number of hydrogen-bond acceptors (Lipinski definition) is 10. The van der Waals surface area contributed by atoms with Crippen molar-refractivity contribution in [3.05, 3.63) is 63.2 Å². The maximum Gasteiger partial charge on any atom is 0.278 e. The van der Waals surface area contributed by atoms with Gasteiger partial charge >= 0.3 is 0 Å². The van der Waals surface area contributed by atoms with Gasteiger partial charge in [-0.25, -0.2) is 0 Å². The van der Waals surface area contributed by atoms with Crippen LogP contribution in [0, 0.1) is 30.6 Å². The fourth-order valence-electron chi connectivity index (χ4n) is 9.38. The third-order valence-corrected chi connectivity index (χ3v) is 11.7. The van der Waals surface area contributed by atoms with Crippen LogP contribution in [-0.4, -0.2) is 94.2 Å². The van der Waals surface area contributed by atoms with Crippen LogP contribution < -0.4 is 24.4 Å². The normalized spacial score (nSPS) is 25.4. The Balaban J connectivity index is 1.46. The minimum absolute atomic E-state index is 0.0440. The van der Waals surface area contributed by atoms with Gasteiger partial charge in [-0.15, -0.1) is 0 Å². The first-order valence-electron chi connectivity index (χ1n) is 17.3. The first-order valence-corrected chi connectivity index (χ1v) is 17.3. The molecule has 261 valence electrons. The lowest BCUT2D eigenvalue weighted by atomic mass is 9.26. The average molecular weight is 678 g/mol. The van der Waals surface area contributed by atoms with Crippen molar-refractivity contribution >= 4 is 19.4 Å². The Labute approximate surface area is 296 Å². The summed E-state index contributed by atoms with van der Waals surface area (Å²) in [5, 5.41) is 35.0. The van der Waals surface area contributed by atoms with E-state index < -0.39 is 12.1 Å². The van der Waals surface area contributed by atoms with Crippen LogP contribution in [0.15, 0.2) is 24.3 Å². The zero-order valence-electron chi connectivity index (χ0n) is 30.5. The molecular weight excluding hydrogens is 632 g/mol. The Morgan fingerprint density at radius 1 is 0.860 bits per heavy atom. The Kier molecular flexibility index (Phi) is 8.69. The summed E-state index contributed by atoms with van der Waals surface area (Å²) in [6, 6.07) is 9.07.